The van der Waals surface area contributed by atoms with Gasteiger partial charge in [0.15, 0.2) is 11.5 Å². The van der Waals surface area contributed by atoms with Crippen molar-refractivity contribution >= 4 is 15.9 Å². The second kappa shape index (κ2) is 6.80. The Morgan fingerprint density at radius 2 is 1.80 bits per heavy atom. The summed E-state index contributed by atoms with van der Waals surface area (Å²) in [5.41, 5.74) is 3.69. The normalized spacial score (nSPS) is 12.0. The van der Waals surface area contributed by atoms with E-state index in [0.29, 0.717) is 0 Å². The number of methoxy groups -OCH3 is 2. The van der Waals surface area contributed by atoms with Crippen LogP contribution in [0.15, 0.2) is 42.5 Å². The summed E-state index contributed by atoms with van der Waals surface area (Å²) in [4.78, 5) is 0.189. The highest BCUT2D eigenvalue weighted by molar-refractivity contribution is 9.09. The molecule has 0 aliphatic heterocycles. The van der Waals surface area contributed by atoms with E-state index in [0.717, 1.165) is 23.5 Å². The summed E-state index contributed by atoms with van der Waals surface area (Å²) in [6.07, 6.45) is 0.908. The Kier molecular flexibility index (Phi) is 5.07. The number of hydrogen-bond acceptors (Lipinski definition) is 2. The van der Waals surface area contributed by atoms with Gasteiger partial charge in [-0.1, -0.05) is 57.9 Å². The van der Waals surface area contributed by atoms with Crippen LogP contribution >= 0.6 is 15.9 Å². The number of ether oxygens (including phenoxy) is 2. The van der Waals surface area contributed by atoms with Crippen LogP contribution in [0.3, 0.4) is 0 Å². The fourth-order valence-corrected chi connectivity index (χ4v) is 3.05. The molecule has 0 aliphatic rings. The molecule has 1 atom stereocenters. The number of benzene rings is 2. The Labute approximate surface area is 128 Å². The number of halogens is 1. The summed E-state index contributed by atoms with van der Waals surface area (Å²) in [6.45, 7) is 2.11. The fourth-order valence-electron chi connectivity index (χ4n) is 2.31. The van der Waals surface area contributed by atoms with Gasteiger partial charge in [-0.2, -0.15) is 0 Å². The van der Waals surface area contributed by atoms with Gasteiger partial charge in [-0.25, -0.2) is 0 Å². The van der Waals surface area contributed by atoms with Crippen LogP contribution in [0, 0.1) is 6.92 Å². The van der Waals surface area contributed by atoms with Gasteiger partial charge in [-0.15, -0.1) is 0 Å². The lowest BCUT2D eigenvalue weighted by molar-refractivity contribution is 0.351. The lowest BCUT2D eigenvalue weighted by atomic mass is 10.0. The molecular weight excluding hydrogens is 316 g/mol. The average molecular weight is 335 g/mol. The van der Waals surface area contributed by atoms with E-state index < -0.39 is 0 Å². The first-order chi connectivity index (χ1) is 9.65. The van der Waals surface area contributed by atoms with E-state index >= 15 is 0 Å². The topological polar surface area (TPSA) is 18.5 Å². The Morgan fingerprint density at radius 3 is 2.45 bits per heavy atom. The van der Waals surface area contributed by atoms with Gasteiger partial charge in [-0.05, 0) is 25.0 Å². The third-order valence-electron chi connectivity index (χ3n) is 3.27. The van der Waals surface area contributed by atoms with Gasteiger partial charge in [0.1, 0.15) is 0 Å². The third kappa shape index (κ3) is 3.34. The highest BCUT2D eigenvalue weighted by atomic mass is 79.9. The first-order valence-corrected chi connectivity index (χ1v) is 7.47. The molecule has 3 heteroatoms. The Bertz CT molecular complexity index is 581. The van der Waals surface area contributed by atoms with Crippen LogP contribution < -0.4 is 9.47 Å². The van der Waals surface area contributed by atoms with Crippen molar-refractivity contribution in [3.63, 3.8) is 0 Å². The lowest BCUT2D eigenvalue weighted by Gasteiger charge is -2.17. The molecule has 0 heterocycles. The van der Waals surface area contributed by atoms with E-state index in [1.807, 2.05) is 12.1 Å². The van der Waals surface area contributed by atoms with E-state index in [1.165, 1.54) is 11.1 Å². The number of rotatable bonds is 5. The Morgan fingerprint density at radius 1 is 1.05 bits per heavy atom. The van der Waals surface area contributed by atoms with Crippen molar-refractivity contribution in [2.45, 2.75) is 18.2 Å². The standard InChI is InChI=1S/C17H19BrO2/c1-12-6-4-7-13(10-12)11-15(18)14-8-5-9-16(19-2)17(14)20-3/h4-10,15H,11H2,1-3H3. The zero-order valence-corrected chi connectivity index (χ0v) is 13.6. The Balaban J connectivity index is 2.27. The molecule has 0 fully saturated rings. The molecule has 0 saturated carbocycles. The number of para-hydroxylation sites is 1. The SMILES string of the molecule is COc1cccc(C(Br)Cc2cccc(C)c2)c1OC. The summed E-state index contributed by atoms with van der Waals surface area (Å²) in [7, 11) is 3.33. The quantitative estimate of drug-likeness (QED) is 0.738. The monoisotopic (exact) mass is 334 g/mol. The largest absolute Gasteiger partial charge is 0.493 e. The van der Waals surface area contributed by atoms with Crippen molar-refractivity contribution in [1.82, 2.24) is 0 Å². The summed E-state index contributed by atoms with van der Waals surface area (Å²) >= 11 is 3.77. The molecule has 2 rings (SSSR count). The minimum atomic E-state index is 0.189. The summed E-state index contributed by atoms with van der Waals surface area (Å²) in [5.74, 6) is 1.56. The van der Waals surface area contributed by atoms with Crippen LogP contribution in [-0.2, 0) is 6.42 Å². The Hall–Kier alpha value is -1.48. The van der Waals surface area contributed by atoms with E-state index in [1.54, 1.807) is 14.2 Å². The van der Waals surface area contributed by atoms with Gasteiger partial charge in [0, 0.05) is 10.4 Å². The molecule has 0 saturated heterocycles. The molecule has 1 unspecified atom stereocenters. The van der Waals surface area contributed by atoms with Crippen LogP contribution in [0.4, 0.5) is 0 Å². The highest BCUT2D eigenvalue weighted by Gasteiger charge is 2.17. The molecule has 0 amide bonds. The van der Waals surface area contributed by atoms with E-state index in [-0.39, 0.29) is 4.83 Å². The van der Waals surface area contributed by atoms with Crippen molar-refractivity contribution in [3.05, 3.63) is 59.2 Å². The minimum absolute atomic E-state index is 0.189. The summed E-state index contributed by atoms with van der Waals surface area (Å²) in [5, 5.41) is 0. The maximum atomic E-state index is 5.49. The van der Waals surface area contributed by atoms with Crippen molar-refractivity contribution in [1.29, 1.82) is 0 Å². The smallest absolute Gasteiger partial charge is 0.165 e. The molecule has 0 aromatic heterocycles. The van der Waals surface area contributed by atoms with Crippen molar-refractivity contribution in [3.8, 4) is 11.5 Å². The van der Waals surface area contributed by atoms with Crippen LogP contribution in [0.2, 0.25) is 0 Å². The maximum Gasteiger partial charge on any atom is 0.165 e. The third-order valence-corrected chi connectivity index (χ3v) is 4.09. The van der Waals surface area contributed by atoms with Crippen molar-refractivity contribution < 1.29 is 9.47 Å². The lowest BCUT2D eigenvalue weighted by Crippen LogP contribution is -2.01. The molecule has 0 spiro atoms. The molecule has 20 heavy (non-hydrogen) atoms. The molecule has 0 radical (unpaired) electrons. The van der Waals surface area contributed by atoms with Gasteiger partial charge >= 0.3 is 0 Å². The predicted molar refractivity (Wildman–Crippen MR) is 86.1 cm³/mol. The van der Waals surface area contributed by atoms with Crippen LogP contribution in [0.5, 0.6) is 11.5 Å². The van der Waals surface area contributed by atoms with Gasteiger partial charge in [-0.3, -0.25) is 0 Å². The summed E-state index contributed by atoms with van der Waals surface area (Å²) < 4.78 is 10.8. The van der Waals surface area contributed by atoms with E-state index in [9.17, 15) is 0 Å². The fraction of sp³-hybridized carbons (Fsp3) is 0.294. The maximum absolute atomic E-state index is 5.49. The minimum Gasteiger partial charge on any atom is -0.493 e. The zero-order valence-electron chi connectivity index (χ0n) is 12.0. The van der Waals surface area contributed by atoms with Gasteiger partial charge in [0.25, 0.3) is 0 Å². The van der Waals surface area contributed by atoms with E-state index in [2.05, 4.69) is 53.2 Å². The molecule has 0 bridgehead atoms. The number of alkyl halides is 1. The first-order valence-electron chi connectivity index (χ1n) is 6.56. The van der Waals surface area contributed by atoms with Crippen LogP contribution in [0.1, 0.15) is 21.5 Å². The average Bonchev–Trinajstić information content (AvgIpc) is 2.46. The van der Waals surface area contributed by atoms with Crippen molar-refractivity contribution in [2.24, 2.45) is 0 Å². The van der Waals surface area contributed by atoms with Gasteiger partial charge in [0.05, 0.1) is 14.2 Å². The zero-order chi connectivity index (χ0) is 14.5. The number of hydrogen-bond donors (Lipinski definition) is 0. The highest BCUT2D eigenvalue weighted by Crippen LogP contribution is 2.39. The van der Waals surface area contributed by atoms with Crippen LogP contribution in [0.25, 0.3) is 0 Å². The summed E-state index contributed by atoms with van der Waals surface area (Å²) in [6, 6.07) is 14.5. The molecule has 0 aliphatic carbocycles. The number of aryl methyl sites for hydroxylation is 1. The molecular formula is C17H19BrO2. The van der Waals surface area contributed by atoms with Gasteiger partial charge < -0.3 is 9.47 Å². The first kappa shape index (κ1) is 14.9. The van der Waals surface area contributed by atoms with Gasteiger partial charge in [0.2, 0.25) is 0 Å². The molecule has 2 aromatic rings. The molecule has 0 N–H and O–H groups in total. The van der Waals surface area contributed by atoms with E-state index in [4.69, 9.17) is 9.47 Å². The molecule has 106 valence electrons. The second-order valence-electron chi connectivity index (χ2n) is 4.74. The predicted octanol–water partition coefficient (Wildman–Crippen LogP) is 4.69. The van der Waals surface area contributed by atoms with Crippen LogP contribution in [-0.4, -0.2) is 14.2 Å². The molecule has 2 aromatic carbocycles. The van der Waals surface area contributed by atoms with Crippen molar-refractivity contribution in [2.75, 3.05) is 14.2 Å². The molecule has 2 nitrogen and oxygen atoms in total. The second-order valence-corrected chi connectivity index (χ2v) is 5.85.